The fourth-order valence-electron chi connectivity index (χ4n) is 1.73. The molecule has 3 heteroatoms. The number of ketones is 1. The third-order valence-corrected chi connectivity index (χ3v) is 2.63. The molecule has 0 aromatic carbocycles. The van der Waals surface area contributed by atoms with E-state index in [4.69, 9.17) is 0 Å². The van der Waals surface area contributed by atoms with Crippen LogP contribution in [0.5, 0.6) is 0 Å². The summed E-state index contributed by atoms with van der Waals surface area (Å²) in [6.07, 6.45) is 2.05. The summed E-state index contributed by atoms with van der Waals surface area (Å²) in [5, 5.41) is 19.3. The summed E-state index contributed by atoms with van der Waals surface area (Å²) in [5.41, 5.74) is -1.44. The van der Waals surface area contributed by atoms with Crippen molar-refractivity contribution < 1.29 is 15.0 Å². The normalized spacial score (nSPS) is 33.4. The summed E-state index contributed by atoms with van der Waals surface area (Å²) in [4.78, 5) is 11.3. The standard InChI is InChI=1S/C9H16O3/c1-2-7(10)9(12)6-4-3-5-8(9)11/h7,10,12H,2-6H2,1H3/t7-,9+/m1/s1. The molecule has 0 aliphatic heterocycles. The van der Waals surface area contributed by atoms with Gasteiger partial charge in [0, 0.05) is 6.42 Å². The number of carbonyl (C=O) groups excluding carboxylic acids is 1. The molecule has 0 aromatic heterocycles. The fraction of sp³-hybridized carbons (Fsp3) is 0.889. The number of Topliss-reactive ketones (excluding diaryl/α,β-unsaturated/α-hetero) is 1. The maximum absolute atomic E-state index is 11.3. The molecule has 1 fully saturated rings. The zero-order valence-electron chi connectivity index (χ0n) is 7.42. The van der Waals surface area contributed by atoms with Gasteiger partial charge in [-0.05, 0) is 25.7 Å². The Labute approximate surface area is 72.4 Å². The number of aliphatic hydroxyl groups excluding tert-OH is 1. The van der Waals surface area contributed by atoms with Crippen LogP contribution in [0.15, 0.2) is 0 Å². The second kappa shape index (κ2) is 3.54. The fourth-order valence-corrected chi connectivity index (χ4v) is 1.73. The predicted molar refractivity (Wildman–Crippen MR) is 44.7 cm³/mol. The van der Waals surface area contributed by atoms with E-state index in [1.807, 2.05) is 0 Å². The van der Waals surface area contributed by atoms with Gasteiger partial charge in [0.15, 0.2) is 5.78 Å². The van der Waals surface area contributed by atoms with Gasteiger partial charge >= 0.3 is 0 Å². The third kappa shape index (κ3) is 1.52. The summed E-state index contributed by atoms with van der Waals surface area (Å²) in [5.74, 6) is -0.192. The lowest BCUT2D eigenvalue weighted by molar-refractivity contribution is -0.155. The summed E-state index contributed by atoms with van der Waals surface area (Å²) in [7, 11) is 0. The van der Waals surface area contributed by atoms with Crippen molar-refractivity contribution in [3.05, 3.63) is 0 Å². The van der Waals surface area contributed by atoms with Crippen molar-refractivity contribution in [2.75, 3.05) is 0 Å². The molecule has 0 unspecified atom stereocenters. The topological polar surface area (TPSA) is 57.5 Å². The Morgan fingerprint density at radius 1 is 1.58 bits per heavy atom. The Kier molecular flexibility index (Phi) is 2.85. The van der Waals surface area contributed by atoms with Crippen LogP contribution >= 0.6 is 0 Å². The number of carbonyl (C=O) groups is 1. The summed E-state index contributed by atoms with van der Waals surface area (Å²) >= 11 is 0. The Morgan fingerprint density at radius 2 is 2.25 bits per heavy atom. The van der Waals surface area contributed by atoms with E-state index in [1.165, 1.54) is 0 Å². The van der Waals surface area contributed by atoms with Crippen molar-refractivity contribution in [3.63, 3.8) is 0 Å². The SMILES string of the molecule is CC[C@@H](O)[C@@]1(O)CCCCC1=O. The largest absolute Gasteiger partial charge is 0.390 e. The molecule has 0 radical (unpaired) electrons. The number of hydrogen-bond donors (Lipinski definition) is 2. The average Bonchev–Trinajstić information content (AvgIpc) is 2.09. The van der Waals surface area contributed by atoms with E-state index in [0.29, 0.717) is 19.3 Å². The molecule has 2 atom stereocenters. The minimum atomic E-state index is -1.44. The van der Waals surface area contributed by atoms with Gasteiger partial charge in [0.25, 0.3) is 0 Å². The number of aliphatic hydroxyl groups is 2. The lowest BCUT2D eigenvalue weighted by atomic mass is 9.79. The van der Waals surface area contributed by atoms with Crippen LogP contribution in [0.3, 0.4) is 0 Å². The highest BCUT2D eigenvalue weighted by Crippen LogP contribution is 2.29. The quantitative estimate of drug-likeness (QED) is 0.642. The molecule has 1 aliphatic rings. The molecule has 12 heavy (non-hydrogen) atoms. The molecule has 0 aromatic rings. The molecule has 1 aliphatic carbocycles. The molecule has 70 valence electrons. The number of rotatable bonds is 2. The van der Waals surface area contributed by atoms with Gasteiger partial charge in [-0.2, -0.15) is 0 Å². The third-order valence-electron chi connectivity index (χ3n) is 2.63. The van der Waals surface area contributed by atoms with Crippen LogP contribution in [0.25, 0.3) is 0 Å². The van der Waals surface area contributed by atoms with Crippen LogP contribution < -0.4 is 0 Å². The lowest BCUT2D eigenvalue weighted by Gasteiger charge is -2.34. The average molecular weight is 172 g/mol. The van der Waals surface area contributed by atoms with E-state index in [0.717, 1.165) is 12.8 Å². The molecule has 1 rings (SSSR count). The van der Waals surface area contributed by atoms with Crippen molar-refractivity contribution >= 4 is 5.78 Å². The first kappa shape index (κ1) is 9.68. The van der Waals surface area contributed by atoms with Crippen LogP contribution in [-0.2, 0) is 4.79 Å². The highest BCUT2D eigenvalue weighted by molar-refractivity contribution is 5.88. The van der Waals surface area contributed by atoms with Crippen LogP contribution in [0.4, 0.5) is 0 Å². The molecule has 2 N–H and O–H groups in total. The maximum atomic E-state index is 11.3. The van der Waals surface area contributed by atoms with Gasteiger partial charge in [-0.25, -0.2) is 0 Å². The smallest absolute Gasteiger partial charge is 0.167 e. The van der Waals surface area contributed by atoms with Crippen LogP contribution in [-0.4, -0.2) is 27.7 Å². The molecular formula is C9H16O3. The summed E-state index contributed by atoms with van der Waals surface area (Å²) in [6.45, 7) is 1.77. The van der Waals surface area contributed by atoms with Gasteiger partial charge in [0.1, 0.15) is 5.60 Å². The second-order valence-corrected chi connectivity index (χ2v) is 3.48. The minimum Gasteiger partial charge on any atom is -0.390 e. The molecule has 0 saturated heterocycles. The molecule has 0 bridgehead atoms. The first-order chi connectivity index (χ1) is 5.61. The van der Waals surface area contributed by atoms with Crippen molar-refractivity contribution in [3.8, 4) is 0 Å². The van der Waals surface area contributed by atoms with Gasteiger partial charge < -0.3 is 10.2 Å². The predicted octanol–water partition coefficient (Wildman–Crippen LogP) is 0.632. The first-order valence-electron chi connectivity index (χ1n) is 4.55. The van der Waals surface area contributed by atoms with E-state index in [-0.39, 0.29) is 5.78 Å². The van der Waals surface area contributed by atoms with Gasteiger partial charge in [-0.1, -0.05) is 6.92 Å². The highest BCUT2D eigenvalue weighted by Gasteiger charge is 2.42. The van der Waals surface area contributed by atoms with E-state index in [1.54, 1.807) is 6.92 Å². The molecule has 0 heterocycles. The van der Waals surface area contributed by atoms with E-state index >= 15 is 0 Å². The second-order valence-electron chi connectivity index (χ2n) is 3.48. The van der Waals surface area contributed by atoms with E-state index in [2.05, 4.69) is 0 Å². The zero-order valence-corrected chi connectivity index (χ0v) is 7.42. The Morgan fingerprint density at radius 3 is 2.75 bits per heavy atom. The highest BCUT2D eigenvalue weighted by atomic mass is 16.3. The first-order valence-corrected chi connectivity index (χ1v) is 4.55. The molecular weight excluding hydrogens is 156 g/mol. The minimum absolute atomic E-state index is 0.192. The Bertz CT molecular complexity index is 179. The van der Waals surface area contributed by atoms with Gasteiger partial charge in [-0.3, -0.25) is 4.79 Å². The number of hydrogen-bond acceptors (Lipinski definition) is 3. The van der Waals surface area contributed by atoms with Crippen molar-refractivity contribution in [1.82, 2.24) is 0 Å². The Balaban J connectivity index is 2.72. The van der Waals surface area contributed by atoms with E-state index in [9.17, 15) is 15.0 Å². The van der Waals surface area contributed by atoms with Crippen LogP contribution in [0.2, 0.25) is 0 Å². The van der Waals surface area contributed by atoms with Gasteiger partial charge in [-0.15, -0.1) is 0 Å². The molecule has 3 nitrogen and oxygen atoms in total. The van der Waals surface area contributed by atoms with Crippen molar-refractivity contribution in [2.45, 2.75) is 50.7 Å². The lowest BCUT2D eigenvalue weighted by Crippen LogP contribution is -2.50. The van der Waals surface area contributed by atoms with Crippen LogP contribution in [0, 0.1) is 0 Å². The maximum Gasteiger partial charge on any atom is 0.167 e. The summed E-state index contributed by atoms with van der Waals surface area (Å²) < 4.78 is 0. The van der Waals surface area contributed by atoms with Gasteiger partial charge in [0.2, 0.25) is 0 Å². The van der Waals surface area contributed by atoms with E-state index < -0.39 is 11.7 Å². The van der Waals surface area contributed by atoms with Crippen molar-refractivity contribution in [1.29, 1.82) is 0 Å². The monoisotopic (exact) mass is 172 g/mol. The van der Waals surface area contributed by atoms with Crippen molar-refractivity contribution in [2.24, 2.45) is 0 Å². The van der Waals surface area contributed by atoms with Crippen LogP contribution in [0.1, 0.15) is 39.0 Å². The van der Waals surface area contributed by atoms with Gasteiger partial charge in [0.05, 0.1) is 6.10 Å². The molecule has 1 saturated carbocycles. The Hall–Kier alpha value is -0.410. The molecule has 0 amide bonds. The zero-order chi connectivity index (χ0) is 9.19. The summed E-state index contributed by atoms with van der Waals surface area (Å²) in [6, 6.07) is 0. The molecule has 0 spiro atoms.